The lowest BCUT2D eigenvalue weighted by Gasteiger charge is -2.52. The van der Waals surface area contributed by atoms with Crippen LogP contribution in [0.3, 0.4) is 0 Å². The van der Waals surface area contributed by atoms with E-state index in [1.807, 2.05) is 0 Å². The fourth-order valence-electron chi connectivity index (χ4n) is 5.70. The SMILES string of the molecule is COC(=O)C1=CO[C@H](C)[C@H]2CN3CC[C@H]4c5ccccc5N[C@@H]4[C@H]3C[C@H]12. The summed E-state index contributed by atoms with van der Waals surface area (Å²) in [5, 5.41) is 3.79. The third kappa shape index (κ3) is 2.29. The first-order valence-corrected chi connectivity index (χ1v) is 9.70. The van der Waals surface area contributed by atoms with Crippen molar-refractivity contribution >= 4 is 11.7 Å². The fraction of sp³-hybridized carbons (Fsp3) is 0.571. The summed E-state index contributed by atoms with van der Waals surface area (Å²) in [7, 11) is 1.46. The number of carbonyl (C=O) groups is 1. The molecule has 1 aromatic carbocycles. The van der Waals surface area contributed by atoms with Crippen molar-refractivity contribution in [3.8, 4) is 0 Å². The molecule has 0 radical (unpaired) electrons. The topological polar surface area (TPSA) is 50.8 Å². The molecule has 2 fully saturated rings. The molecule has 0 bridgehead atoms. The van der Waals surface area contributed by atoms with Crippen LogP contribution < -0.4 is 5.32 Å². The van der Waals surface area contributed by atoms with Crippen LogP contribution in [0.15, 0.2) is 36.1 Å². The van der Waals surface area contributed by atoms with E-state index in [2.05, 4.69) is 41.4 Å². The second-order valence-corrected chi connectivity index (χ2v) is 8.13. The highest BCUT2D eigenvalue weighted by molar-refractivity contribution is 5.89. The molecule has 6 atom stereocenters. The van der Waals surface area contributed by atoms with E-state index >= 15 is 0 Å². The summed E-state index contributed by atoms with van der Waals surface area (Å²) in [5.74, 6) is 0.907. The highest BCUT2D eigenvalue weighted by Crippen LogP contribution is 2.48. The van der Waals surface area contributed by atoms with Gasteiger partial charge in [-0.05, 0) is 37.9 Å². The molecule has 0 aliphatic carbocycles. The van der Waals surface area contributed by atoms with Crippen molar-refractivity contribution in [1.29, 1.82) is 0 Å². The summed E-state index contributed by atoms with van der Waals surface area (Å²) in [5.41, 5.74) is 3.46. The van der Waals surface area contributed by atoms with Crippen LogP contribution in [0.4, 0.5) is 5.69 Å². The van der Waals surface area contributed by atoms with Crippen LogP contribution in [-0.2, 0) is 14.3 Å². The molecule has 4 aliphatic rings. The average Bonchev–Trinajstić information content (AvgIpc) is 3.06. The molecule has 5 rings (SSSR count). The summed E-state index contributed by atoms with van der Waals surface area (Å²) in [4.78, 5) is 14.9. The van der Waals surface area contributed by atoms with Gasteiger partial charge in [-0.3, -0.25) is 4.90 Å². The van der Waals surface area contributed by atoms with Gasteiger partial charge in [0.1, 0.15) is 0 Å². The Hall–Kier alpha value is -2.01. The second kappa shape index (κ2) is 6.02. The highest BCUT2D eigenvalue weighted by atomic mass is 16.5. The number of hydrogen-bond donors (Lipinski definition) is 1. The van der Waals surface area contributed by atoms with Gasteiger partial charge in [0, 0.05) is 42.1 Å². The summed E-state index contributed by atoms with van der Waals surface area (Å²) in [6, 6.07) is 9.59. The van der Waals surface area contributed by atoms with E-state index < -0.39 is 0 Å². The third-order valence-electron chi connectivity index (χ3n) is 7.02. The largest absolute Gasteiger partial charge is 0.497 e. The Morgan fingerprint density at radius 1 is 1.31 bits per heavy atom. The van der Waals surface area contributed by atoms with Gasteiger partial charge in [0.05, 0.1) is 25.0 Å². The van der Waals surface area contributed by atoms with Crippen molar-refractivity contribution in [3.63, 3.8) is 0 Å². The maximum Gasteiger partial charge on any atom is 0.337 e. The van der Waals surface area contributed by atoms with Crippen LogP contribution in [0.1, 0.15) is 31.2 Å². The molecular weight excluding hydrogens is 328 g/mol. The van der Waals surface area contributed by atoms with Gasteiger partial charge in [0.15, 0.2) is 0 Å². The van der Waals surface area contributed by atoms with Gasteiger partial charge >= 0.3 is 5.97 Å². The zero-order valence-corrected chi connectivity index (χ0v) is 15.4. The number of para-hydroxylation sites is 1. The normalized spacial score (nSPS) is 37.8. The van der Waals surface area contributed by atoms with Crippen molar-refractivity contribution in [2.24, 2.45) is 11.8 Å². The maximum absolute atomic E-state index is 12.3. The molecule has 4 heterocycles. The van der Waals surface area contributed by atoms with Crippen molar-refractivity contribution in [2.75, 3.05) is 25.5 Å². The molecule has 26 heavy (non-hydrogen) atoms. The van der Waals surface area contributed by atoms with Crippen LogP contribution >= 0.6 is 0 Å². The standard InChI is InChI=1S/C21H26N2O3/c1-12-16-10-23-8-7-14-13-5-3-4-6-18(13)22-20(14)19(23)9-15(16)17(11-26-12)21(24)25-2/h3-6,11-12,14-16,19-20,22H,7-10H2,1-2H3/t12-,14+,15+,16-,19-,20+/m1/s1. The molecule has 1 aromatic rings. The monoisotopic (exact) mass is 354 g/mol. The number of methoxy groups -OCH3 is 1. The Balaban J connectivity index is 1.45. The summed E-state index contributed by atoms with van der Waals surface area (Å²) < 4.78 is 10.8. The lowest BCUT2D eigenvalue weighted by molar-refractivity contribution is -0.139. The van der Waals surface area contributed by atoms with Crippen LogP contribution in [0.2, 0.25) is 0 Å². The molecule has 0 amide bonds. The Morgan fingerprint density at radius 3 is 3.00 bits per heavy atom. The number of benzene rings is 1. The molecule has 138 valence electrons. The minimum Gasteiger partial charge on any atom is -0.497 e. The van der Waals surface area contributed by atoms with E-state index in [0.29, 0.717) is 29.5 Å². The molecule has 0 saturated carbocycles. The molecule has 0 spiro atoms. The van der Waals surface area contributed by atoms with E-state index in [1.54, 1.807) is 6.26 Å². The number of piperidine rings is 2. The van der Waals surface area contributed by atoms with Gasteiger partial charge in [0.2, 0.25) is 0 Å². The smallest absolute Gasteiger partial charge is 0.337 e. The van der Waals surface area contributed by atoms with E-state index in [4.69, 9.17) is 9.47 Å². The zero-order valence-electron chi connectivity index (χ0n) is 15.4. The molecule has 5 heteroatoms. The molecule has 5 nitrogen and oxygen atoms in total. The van der Waals surface area contributed by atoms with Gasteiger partial charge in [0.25, 0.3) is 0 Å². The van der Waals surface area contributed by atoms with Gasteiger partial charge in [-0.2, -0.15) is 0 Å². The Bertz CT molecular complexity index is 761. The molecule has 1 N–H and O–H groups in total. The van der Waals surface area contributed by atoms with Crippen molar-refractivity contribution in [2.45, 2.75) is 43.9 Å². The van der Waals surface area contributed by atoms with Crippen LogP contribution in [0.5, 0.6) is 0 Å². The minimum absolute atomic E-state index is 0.140. The minimum atomic E-state index is -0.240. The van der Waals surface area contributed by atoms with Crippen molar-refractivity contribution < 1.29 is 14.3 Å². The average molecular weight is 354 g/mol. The molecule has 0 unspecified atom stereocenters. The predicted octanol–water partition coefficient (Wildman–Crippen LogP) is 2.75. The first kappa shape index (κ1) is 16.2. The number of esters is 1. The number of ether oxygens (including phenoxy) is 2. The lowest BCUT2D eigenvalue weighted by Crippen LogP contribution is -2.60. The predicted molar refractivity (Wildman–Crippen MR) is 98.8 cm³/mol. The number of rotatable bonds is 1. The van der Waals surface area contributed by atoms with Crippen LogP contribution in [0, 0.1) is 11.8 Å². The van der Waals surface area contributed by atoms with Crippen LogP contribution in [0.25, 0.3) is 0 Å². The second-order valence-electron chi connectivity index (χ2n) is 8.13. The van der Waals surface area contributed by atoms with Gasteiger partial charge in [-0.25, -0.2) is 4.79 Å². The fourth-order valence-corrected chi connectivity index (χ4v) is 5.70. The number of nitrogens with zero attached hydrogens (tertiary/aromatic N) is 1. The van der Waals surface area contributed by atoms with Crippen LogP contribution in [-0.4, -0.2) is 49.3 Å². The quantitative estimate of drug-likeness (QED) is 0.786. The van der Waals surface area contributed by atoms with E-state index in [9.17, 15) is 4.79 Å². The van der Waals surface area contributed by atoms with E-state index in [0.717, 1.165) is 19.5 Å². The Morgan fingerprint density at radius 2 is 2.15 bits per heavy atom. The maximum atomic E-state index is 12.3. The van der Waals surface area contributed by atoms with Gasteiger partial charge in [-0.15, -0.1) is 0 Å². The Labute approximate surface area is 154 Å². The Kier molecular flexibility index (Phi) is 3.74. The van der Waals surface area contributed by atoms with Gasteiger partial charge in [-0.1, -0.05) is 18.2 Å². The summed E-state index contributed by atoms with van der Waals surface area (Å²) in [6.45, 7) is 4.24. The van der Waals surface area contributed by atoms with E-state index in [1.165, 1.54) is 24.8 Å². The molecule has 4 aliphatic heterocycles. The summed E-state index contributed by atoms with van der Waals surface area (Å²) >= 11 is 0. The number of carbonyl (C=O) groups excluding carboxylic acids is 1. The zero-order chi connectivity index (χ0) is 17.8. The number of hydrogen-bond acceptors (Lipinski definition) is 5. The molecular formula is C21H26N2O3. The highest BCUT2D eigenvalue weighted by Gasteiger charge is 2.51. The van der Waals surface area contributed by atoms with E-state index in [-0.39, 0.29) is 18.0 Å². The molecule has 2 saturated heterocycles. The number of anilines is 1. The van der Waals surface area contributed by atoms with Crippen molar-refractivity contribution in [1.82, 2.24) is 4.90 Å². The number of nitrogens with one attached hydrogen (secondary N) is 1. The van der Waals surface area contributed by atoms with Crippen molar-refractivity contribution in [3.05, 3.63) is 41.7 Å². The lowest BCUT2D eigenvalue weighted by atomic mass is 9.69. The molecule has 0 aromatic heterocycles. The first-order chi connectivity index (χ1) is 12.7. The number of fused-ring (bicyclic) bond motifs is 6. The van der Waals surface area contributed by atoms with Gasteiger partial charge < -0.3 is 14.8 Å². The first-order valence-electron chi connectivity index (χ1n) is 9.70. The summed E-state index contributed by atoms with van der Waals surface area (Å²) in [6.07, 6.45) is 3.98. The third-order valence-corrected chi connectivity index (χ3v) is 7.02.